The lowest BCUT2D eigenvalue weighted by Gasteiger charge is -2.20. The van der Waals surface area contributed by atoms with Crippen LogP contribution in [-0.4, -0.2) is 29.1 Å². The number of hydrogen-bond acceptors (Lipinski definition) is 2. The summed E-state index contributed by atoms with van der Waals surface area (Å²) in [5.74, 6) is 4.89. The number of carbonyl (C=O) groups is 1. The maximum Gasteiger partial charge on any atom is 0.222 e. The average molecular weight is 275 g/mol. The lowest BCUT2D eigenvalue weighted by Crippen LogP contribution is -2.30. The molecule has 3 nitrogen and oxygen atoms in total. The van der Waals surface area contributed by atoms with Crippen LogP contribution in [0.5, 0.6) is 0 Å². The van der Waals surface area contributed by atoms with Crippen molar-refractivity contribution in [1.82, 2.24) is 4.90 Å². The largest absolute Gasteiger partial charge is 0.384 e. The minimum Gasteiger partial charge on any atom is -0.384 e. The maximum atomic E-state index is 14.0. The Morgan fingerprint density at radius 2 is 2.15 bits per heavy atom. The van der Waals surface area contributed by atoms with E-state index in [1.807, 2.05) is 0 Å². The molecule has 0 atom stereocenters. The summed E-state index contributed by atoms with van der Waals surface area (Å²) in [7, 11) is 0. The van der Waals surface area contributed by atoms with Crippen LogP contribution in [0, 0.1) is 17.7 Å². The molecule has 0 spiro atoms. The van der Waals surface area contributed by atoms with Crippen molar-refractivity contribution in [3.8, 4) is 11.8 Å². The van der Waals surface area contributed by atoms with E-state index in [1.54, 1.807) is 17.0 Å². The normalized spacial score (nSPS) is 15.5. The predicted octanol–water partition coefficient (Wildman–Crippen LogP) is 2.07. The molecular formula is C16H18FNO2. The van der Waals surface area contributed by atoms with E-state index in [9.17, 15) is 9.18 Å². The number of halogens is 1. The number of amides is 1. The zero-order valence-corrected chi connectivity index (χ0v) is 11.4. The van der Waals surface area contributed by atoms with Gasteiger partial charge in [-0.1, -0.05) is 24.3 Å². The second-order valence-electron chi connectivity index (χ2n) is 4.89. The summed E-state index contributed by atoms with van der Waals surface area (Å²) in [5, 5.41) is 8.61. The predicted molar refractivity (Wildman–Crippen MR) is 74.2 cm³/mol. The molecular weight excluding hydrogens is 257 g/mol. The Morgan fingerprint density at radius 1 is 1.30 bits per heavy atom. The summed E-state index contributed by atoms with van der Waals surface area (Å²) in [4.78, 5) is 13.6. The van der Waals surface area contributed by atoms with E-state index >= 15 is 0 Å². The summed E-state index contributed by atoms with van der Waals surface area (Å²) in [6.07, 6.45) is 3.52. The number of benzene rings is 1. The molecule has 0 radical (unpaired) electrons. The van der Waals surface area contributed by atoms with E-state index < -0.39 is 0 Å². The molecule has 20 heavy (non-hydrogen) atoms. The fourth-order valence-electron chi connectivity index (χ4n) is 2.31. The minimum absolute atomic E-state index is 0.103. The summed E-state index contributed by atoms with van der Waals surface area (Å²) >= 11 is 0. The van der Waals surface area contributed by atoms with E-state index in [0.717, 1.165) is 19.3 Å². The van der Waals surface area contributed by atoms with Crippen LogP contribution < -0.4 is 0 Å². The van der Waals surface area contributed by atoms with Crippen molar-refractivity contribution in [3.63, 3.8) is 0 Å². The third-order valence-electron chi connectivity index (χ3n) is 3.40. The molecule has 1 N–H and O–H groups in total. The van der Waals surface area contributed by atoms with E-state index in [1.165, 1.54) is 6.07 Å². The number of likely N-dealkylation sites (tertiary alicyclic amines) is 1. The molecule has 0 saturated carbocycles. The van der Waals surface area contributed by atoms with Crippen molar-refractivity contribution in [3.05, 3.63) is 35.1 Å². The molecule has 1 saturated heterocycles. The third kappa shape index (κ3) is 3.82. The van der Waals surface area contributed by atoms with Crippen LogP contribution in [0.1, 0.15) is 36.8 Å². The Balaban J connectivity index is 2.10. The van der Waals surface area contributed by atoms with Gasteiger partial charge in [0.05, 0.1) is 0 Å². The topological polar surface area (TPSA) is 40.5 Å². The molecule has 4 heteroatoms. The molecule has 1 heterocycles. The van der Waals surface area contributed by atoms with Crippen LogP contribution in [0.25, 0.3) is 0 Å². The van der Waals surface area contributed by atoms with Crippen LogP contribution in [0.4, 0.5) is 4.39 Å². The van der Waals surface area contributed by atoms with Crippen LogP contribution in [-0.2, 0) is 11.3 Å². The third-order valence-corrected chi connectivity index (χ3v) is 3.40. The Morgan fingerprint density at radius 3 is 2.90 bits per heavy atom. The Kier molecular flexibility index (Phi) is 5.14. The zero-order valence-electron chi connectivity index (χ0n) is 11.4. The van der Waals surface area contributed by atoms with Gasteiger partial charge in [0.2, 0.25) is 5.91 Å². The first kappa shape index (κ1) is 14.5. The minimum atomic E-state index is -0.355. The highest BCUT2D eigenvalue weighted by Gasteiger charge is 2.18. The maximum absolute atomic E-state index is 14.0. The standard InChI is InChI=1S/C16H18FNO2/c17-15-11-13(5-4-10-19)7-8-14(15)12-18-9-3-1-2-6-16(18)20/h7-8,11,19H,1-3,6,9-10,12H2. The fourth-order valence-corrected chi connectivity index (χ4v) is 2.31. The highest BCUT2D eigenvalue weighted by Crippen LogP contribution is 2.17. The number of aliphatic hydroxyl groups is 1. The highest BCUT2D eigenvalue weighted by atomic mass is 19.1. The second-order valence-corrected chi connectivity index (χ2v) is 4.89. The Hall–Kier alpha value is -1.86. The molecule has 1 aromatic carbocycles. The molecule has 1 aromatic rings. The van der Waals surface area contributed by atoms with E-state index in [4.69, 9.17) is 5.11 Å². The molecule has 1 aliphatic heterocycles. The van der Waals surface area contributed by atoms with Gasteiger partial charge in [0.15, 0.2) is 0 Å². The van der Waals surface area contributed by atoms with Gasteiger partial charge in [-0.05, 0) is 25.0 Å². The Labute approximate surface area is 118 Å². The molecule has 0 bridgehead atoms. The lowest BCUT2D eigenvalue weighted by atomic mass is 10.1. The van der Waals surface area contributed by atoms with Gasteiger partial charge in [0.25, 0.3) is 0 Å². The van der Waals surface area contributed by atoms with Gasteiger partial charge >= 0.3 is 0 Å². The number of aliphatic hydroxyl groups excluding tert-OH is 1. The summed E-state index contributed by atoms with van der Waals surface area (Å²) in [6, 6.07) is 4.72. The van der Waals surface area contributed by atoms with E-state index in [0.29, 0.717) is 30.6 Å². The zero-order chi connectivity index (χ0) is 14.4. The van der Waals surface area contributed by atoms with Crippen molar-refractivity contribution >= 4 is 5.91 Å². The van der Waals surface area contributed by atoms with Crippen LogP contribution in [0.3, 0.4) is 0 Å². The van der Waals surface area contributed by atoms with Gasteiger partial charge in [0.1, 0.15) is 12.4 Å². The summed E-state index contributed by atoms with van der Waals surface area (Å²) in [5.41, 5.74) is 1.04. The van der Waals surface area contributed by atoms with Crippen LogP contribution >= 0.6 is 0 Å². The quantitative estimate of drug-likeness (QED) is 0.839. The van der Waals surface area contributed by atoms with Crippen LogP contribution in [0.2, 0.25) is 0 Å². The first-order valence-corrected chi connectivity index (χ1v) is 6.86. The molecule has 1 aliphatic rings. The van der Waals surface area contributed by atoms with Gasteiger partial charge in [-0.15, -0.1) is 0 Å². The van der Waals surface area contributed by atoms with Gasteiger partial charge in [0, 0.05) is 30.6 Å². The first-order chi connectivity index (χ1) is 9.70. The van der Waals surface area contributed by atoms with Gasteiger partial charge in [-0.2, -0.15) is 0 Å². The van der Waals surface area contributed by atoms with Crippen molar-refractivity contribution < 1.29 is 14.3 Å². The highest BCUT2D eigenvalue weighted by molar-refractivity contribution is 5.76. The summed E-state index contributed by atoms with van der Waals surface area (Å²) < 4.78 is 14.0. The van der Waals surface area contributed by atoms with Crippen molar-refractivity contribution in [2.75, 3.05) is 13.2 Å². The van der Waals surface area contributed by atoms with Crippen molar-refractivity contribution in [1.29, 1.82) is 0 Å². The molecule has 106 valence electrons. The molecule has 2 rings (SSSR count). The number of hydrogen-bond donors (Lipinski definition) is 1. The van der Waals surface area contributed by atoms with E-state index in [2.05, 4.69) is 11.8 Å². The fraction of sp³-hybridized carbons (Fsp3) is 0.438. The number of nitrogens with zero attached hydrogens (tertiary/aromatic N) is 1. The number of rotatable bonds is 2. The molecule has 0 unspecified atom stereocenters. The number of carbonyl (C=O) groups excluding carboxylic acids is 1. The lowest BCUT2D eigenvalue weighted by molar-refractivity contribution is -0.131. The van der Waals surface area contributed by atoms with Gasteiger partial charge < -0.3 is 10.0 Å². The monoisotopic (exact) mass is 275 g/mol. The molecule has 1 amide bonds. The molecule has 1 fully saturated rings. The van der Waals surface area contributed by atoms with Crippen LogP contribution in [0.15, 0.2) is 18.2 Å². The summed E-state index contributed by atoms with van der Waals surface area (Å²) in [6.45, 7) is 0.772. The van der Waals surface area contributed by atoms with Crippen molar-refractivity contribution in [2.45, 2.75) is 32.2 Å². The first-order valence-electron chi connectivity index (χ1n) is 6.86. The second kappa shape index (κ2) is 7.06. The van der Waals surface area contributed by atoms with E-state index in [-0.39, 0.29) is 18.3 Å². The van der Waals surface area contributed by atoms with Gasteiger partial charge in [-0.3, -0.25) is 4.79 Å². The molecule has 0 aromatic heterocycles. The van der Waals surface area contributed by atoms with Crippen molar-refractivity contribution in [2.24, 2.45) is 0 Å². The van der Waals surface area contributed by atoms with Gasteiger partial charge in [-0.25, -0.2) is 4.39 Å². The molecule has 0 aliphatic carbocycles. The average Bonchev–Trinajstić information content (AvgIpc) is 2.64. The smallest absolute Gasteiger partial charge is 0.222 e. The Bertz CT molecular complexity index is 545. The SMILES string of the molecule is O=C1CCCCCN1Cc1ccc(C#CCO)cc1F.